The number of fused-ring (bicyclic) bond motifs is 9. The fourth-order valence-corrected chi connectivity index (χ4v) is 10.2. The van der Waals surface area contributed by atoms with Crippen LogP contribution in [0.5, 0.6) is 0 Å². The first-order valence-electron chi connectivity index (χ1n) is 20.7. The lowest BCUT2D eigenvalue weighted by Crippen LogP contribution is -2.00. The molecule has 0 unspecified atom stereocenters. The van der Waals surface area contributed by atoms with Crippen LogP contribution in [0.3, 0.4) is 0 Å². The number of hydrogen-bond acceptors (Lipinski definition) is 2. The lowest BCUT2D eigenvalue weighted by molar-refractivity contribution is 1.17. The largest absolute Gasteiger partial charge is 0.309 e. The van der Waals surface area contributed by atoms with E-state index in [-0.39, 0.29) is 0 Å². The van der Waals surface area contributed by atoms with E-state index in [0.29, 0.717) is 0 Å². The van der Waals surface area contributed by atoms with Crippen LogP contribution in [-0.4, -0.2) is 14.8 Å². The standard InChI is InChI=1S/C56H41N3S/c1-3-49(57-50(39-19-9-5-10-20-39)32-27-37(2)38-17-7-4-8-18-38)40-28-30-45-46-31-29-42(34-56(46)60-55(45)33-40)59-52-26-16-14-24-44(52)48-35-47-43-23-13-15-25-51(43)58(53(47)36-54(48)59)41-21-11-6-12-22-41/h4-26,28-36H,2-3,27H2,1H3/b50-32-,57-49?. The van der Waals surface area contributed by atoms with E-state index < -0.39 is 0 Å². The molecule has 3 heterocycles. The number of aliphatic imine (C=N–C) groups is 1. The average molecular weight is 788 g/mol. The first-order chi connectivity index (χ1) is 29.6. The van der Waals surface area contributed by atoms with Crippen molar-refractivity contribution in [2.24, 2.45) is 4.99 Å². The third-order valence-corrected chi connectivity index (χ3v) is 13.0. The Kier molecular flexibility index (Phi) is 8.87. The second-order valence-corrected chi connectivity index (χ2v) is 16.5. The fraction of sp³-hybridized carbons (Fsp3) is 0.0536. The predicted molar refractivity (Wildman–Crippen MR) is 259 cm³/mol. The Bertz CT molecular complexity index is 3490. The van der Waals surface area contributed by atoms with Gasteiger partial charge in [-0.25, -0.2) is 0 Å². The molecule has 3 aromatic heterocycles. The molecule has 0 N–H and O–H groups in total. The summed E-state index contributed by atoms with van der Waals surface area (Å²) < 4.78 is 7.40. The smallest absolute Gasteiger partial charge is 0.0669 e. The quantitative estimate of drug-likeness (QED) is 0.130. The summed E-state index contributed by atoms with van der Waals surface area (Å²) in [4.78, 5) is 5.36. The van der Waals surface area contributed by atoms with Gasteiger partial charge in [-0.1, -0.05) is 153 Å². The lowest BCUT2D eigenvalue weighted by Gasteiger charge is -2.10. The second kappa shape index (κ2) is 14.8. The van der Waals surface area contributed by atoms with Crippen LogP contribution in [0.4, 0.5) is 0 Å². The summed E-state index contributed by atoms with van der Waals surface area (Å²) in [5.74, 6) is 0. The molecule has 3 nitrogen and oxygen atoms in total. The fourth-order valence-electron chi connectivity index (χ4n) is 8.99. The van der Waals surface area contributed by atoms with Crippen molar-refractivity contribution in [2.45, 2.75) is 19.8 Å². The Labute approximate surface area is 353 Å². The Hall–Kier alpha value is -7.27. The topological polar surface area (TPSA) is 22.2 Å². The van der Waals surface area contributed by atoms with E-state index in [1.165, 1.54) is 63.8 Å². The summed E-state index contributed by atoms with van der Waals surface area (Å²) in [6.07, 6.45) is 3.76. The van der Waals surface area contributed by atoms with Crippen LogP contribution in [0.1, 0.15) is 36.5 Å². The summed E-state index contributed by atoms with van der Waals surface area (Å²) in [5.41, 5.74) is 13.7. The molecule has 0 fully saturated rings. The van der Waals surface area contributed by atoms with Gasteiger partial charge in [0.1, 0.15) is 0 Å². The van der Waals surface area contributed by atoms with Crippen LogP contribution in [0, 0.1) is 0 Å². The molecule has 60 heavy (non-hydrogen) atoms. The third-order valence-electron chi connectivity index (χ3n) is 11.9. The van der Waals surface area contributed by atoms with E-state index in [0.717, 1.165) is 57.9 Å². The first kappa shape index (κ1) is 35.9. The van der Waals surface area contributed by atoms with Gasteiger partial charge < -0.3 is 9.13 Å². The third kappa shape index (κ3) is 6.07. The molecule has 0 bridgehead atoms. The minimum absolute atomic E-state index is 0.722. The molecule has 286 valence electrons. The number of aromatic nitrogens is 2. The van der Waals surface area contributed by atoms with Crippen molar-refractivity contribution in [3.05, 3.63) is 217 Å². The van der Waals surface area contributed by atoms with Crippen molar-refractivity contribution in [3.63, 3.8) is 0 Å². The molecule has 4 heteroatoms. The zero-order valence-corrected chi connectivity index (χ0v) is 34.2. The van der Waals surface area contributed by atoms with Crippen LogP contribution in [0.15, 0.2) is 206 Å². The highest BCUT2D eigenvalue weighted by atomic mass is 32.1. The van der Waals surface area contributed by atoms with E-state index in [9.17, 15) is 0 Å². The molecule has 0 saturated carbocycles. The van der Waals surface area contributed by atoms with Gasteiger partial charge in [-0.05, 0) is 89.7 Å². The summed E-state index contributed by atoms with van der Waals surface area (Å²) in [6.45, 7) is 6.59. The number of para-hydroxylation sites is 3. The second-order valence-electron chi connectivity index (χ2n) is 15.5. The number of thiophene rings is 1. The molecule has 11 aromatic rings. The van der Waals surface area contributed by atoms with E-state index in [1.807, 2.05) is 17.4 Å². The van der Waals surface area contributed by atoms with Crippen LogP contribution in [0.25, 0.3) is 86.4 Å². The summed E-state index contributed by atoms with van der Waals surface area (Å²) in [6, 6.07) is 67.9. The van der Waals surface area contributed by atoms with E-state index in [2.05, 4.69) is 211 Å². The number of rotatable bonds is 9. The molecule has 0 atom stereocenters. The Balaban J connectivity index is 1.03. The van der Waals surface area contributed by atoms with Crippen molar-refractivity contribution in [3.8, 4) is 11.4 Å². The maximum absolute atomic E-state index is 5.36. The van der Waals surface area contributed by atoms with Gasteiger partial charge >= 0.3 is 0 Å². The Morgan fingerprint density at radius 3 is 1.68 bits per heavy atom. The average Bonchev–Trinajstić information content (AvgIpc) is 3.95. The van der Waals surface area contributed by atoms with Crippen LogP contribution < -0.4 is 0 Å². The van der Waals surface area contributed by atoms with Gasteiger partial charge in [-0.2, -0.15) is 0 Å². The zero-order chi connectivity index (χ0) is 40.2. The molecule has 0 aliphatic heterocycles. The van der Waals surface area contributed by atoms with Crippen LogP contribution in [-0.2, 0) is 0 Å². The van der Waals surface area contributed by atoms with Gasteiger partial charge in [0.15, 0.2) is 0 Å². The Morgan fingerprint density at radius 1 is 0.483 bits per heavy atom. The van der Waals surface area contributed by atoms with Gasteiger partial charge in [0.25, 0.3) is 0 Å². The summed E-state index contributed by atoms with van der Waals surface area (Å²) >= 11 is 1.86. The molecule has 0 radical (unpaired) electrons. The maximum Gasteiger partial charge on any atom is 0.0669 e. The highest BCUT2D eigenvalue weighted by Gasteiger charge is 2.19. The predicted octanol–water partition coefficient (Wildman–Crippen LogP) is 15.6. The number of nitrogens with zero attached hydrogens (tertiary/aromatic N) is 3. The van der Waals surface area contributed by atoms with E-state index in [4.69, 9.17) is 4.99 Å². The molecule has 0 aliphatic rings. The number of hydrogen-bond donors (Lipinski definition) is 0. The summed E-state index contributed by atoms with van der Waals surface area (Å²) in [7, 11) is 0. The monoisotopic (exact) mass is 787 g/mol. The minimum atomic E-state index is 0.722. The highest BCUT2D eigenvalue weighted by molar-refractivity contribution is 7.25. The van der Waals surface area contributed by atoms with Crippen molar-refractivity contribution < 1.29 is 0 Å². The highest BCUT2D eigenvalue weighted by Crippen LogP contribution is 2.41. The molecule has 0 saturated heterocycles. The van der Waals surface area contributed by atoms with E-state index >= 15 is 0 Å². The van der Waals surface area contributed by atoms with Crippen LogP contribution >= 0.6 is 11.3 Å². The van der Waals surface area contributed by atoms with E-state index in [1.54, 1.807) is 0 Å². The van der Waals surface area contributed by atoms with Gasteiger partial charge in [0.05, 0.1) is 27.8 Å². The van der Waals surface area contributed by atoms with Gasteiger partial charge in [0, 0.05) is 58.8 Å². The molecule has 11 rings (SSSR count). The number of benzene rings is 8. The van der Waals surface area contributed by atoms with Gasteiger partial charge in [0.2, 0.25) is 0 Å². The van der Waals surface area contributed by atoms with Crippen molar-refractivity contribution in [2.75, 3.05) is 0 Å². The van der Waals surface area contributed by atoms with Crippen molar-refractivity contribution in [1.29, 1.82) is 0 Å². The molecular weight excluding hydrogens is 747 g/mol. The van der Waals surface area contributed by atoms with Gasteiger partial charge in [-0.3, -0.25) is 4.99 Å². The molecule has 0 aliphatic carbocycles. The number of allylic oxidation sites excluding steroid dienone is 2. The molecule has 8 aromatic carbocycles. The summed E-state index contributed by atoms with van der Waals surface area (Å²) in [5, 5.41) is 7.59. The normalized spacial score (nSPS) is 12.5. The Morgan fingerprint density at radius 2 is 1.03 bits per heavy atom. The van der Waals surface area contributed by atoms with Crippen LogP contribution in [0.2, 0.25) is 0 Å². The minimum Gasteiger partial charge on any atom is -0.309 e. The molecule has 0 spiro atoms. The van der Waals surface area contributed by atoms with Crippen molar-refractivity contribution >= 4 is 92.1 Å². The van der Waals surface area contributed by atoms with Gasteiger partial charge in [-0.15, -0.1) is 11.3 Å². The van der Waals surface area contributed by atoms with Crippen molar-refractivity contribution in [1.82, 2.24) is 9.13 Å². The lowest BCUT2D eigenvalue weighted by atomic mass is 10.0. The maximum atomic E-state index is 5.36. The molecule has 0 amide bonds. The molecular formula is C56H41N3S. The zero-order valence-electron chi connectivity index (χ0n) is 33.3. The first-order valence-corrected chi connectivity index (χ1v) is 21.5. The SMILES string of the molecule is C=C(C/C=C(\N=C(CC)c1ccc2c(c1)sc1cc(-n3c4ccccc4c4cc5c6ccccc6n(-c6ccccc6)c5cc43)ccc12)c1ccccc1)c1ccccc1.